The topological polar surface area (TPSA) is 55.6 Å². The molecule has 2 N–H and O–H groups in total. The SMILES string of the molecule is COC(=O)c1ccc(N)c(N(C)Cc2ccc(Cl)s2)c1. The molecule has 1 heterocycles. The average molecular weight is 311 g/mol. The Hall–Kier alpha value is -1.72. The molecule has 0 aliphatic rings. The van der Waals surface area contributed by atoms with Gasteiger partial charge in [0, 0.05) is 11.9 Å². The van der Waals surface area contributed by atoms with E-state index in [4.69, 9.17) is 22.1 Å². The molecule has 0 radical (unpaired) electrons. The minimum Gasteiger partial charge on any atom is -0.465 e. The van der Waals surface area contributed by atoms with Crippen LogP contribution < -0.4 is 10.6 Å². The van der Waals surface area contributed by atoms with E-state index in [1.54, 1.807) is 18.2 Å². The smallest absolute Gasteiger partial charge is 0.337 e. The predicted octanol–water partition coefficient (Wildman–Crippen LogP) is 3.41. The van der Waals surface area contributed by atoms with Gasteiger partial charge in [0.25, 0.3) is 0 Å². The van der Waals surface area contributed by atoms with Crippen LogP contribution in [0.4, 0.5) is 11.4 Å². The van der Waals surface area contributed by atoms with Crippen LogP contribution >= 0.6 is 22.9 Å². The maximum atomic E-state index is 11.6. The lowest BCUT2D eigenvalue weighted by atomic mass is 10.1. The molecule has 0 saturated carbocycles. The van der Waals surface area contributed by atoms with Crippen molar-refractivity contribution in [1.29, 1.82) is 0 Å². The lowest BCUT2D eigenvalue weighted by Gasteiger charge is -2.21. The van der Waals surface area contributed by atoms with Gasteiger partial charge in [0.05, 0.1) is 34.9 Å². The number of thiophene rings is 1. The highest BCUT2D eigenvalue weighted by molar-refractivity contribution is 7.16. The highest BCUT2D eigenvalue weighted by Gasteiger charge is 2.12. The molecule has 4 nitrogen and oxygen atoms in total. The summed E-state index contributed by atoms with van der Waals surface area (Å²) in [5, 5.41) is 0. The van der Waals surface area contributed by atoms with Crippen molar-refractivity contribution in [2.24, 2.45) is 0 Å². The minimum atomic E-state index is -0.376. The second-order valence-corrected chi connectivity index (χ2v) is 6.13. The first-order chi connectivity index (χ1) is 9.51. The zero-order valence-corrected chi connectivity index (χ0v) is 12.8. The van der Waals surface area contributed by atoms with Crippen molar-refractivity contribution in [1.82, 2.24) is 0 Å². The maximum absolute atomic E-state index is 11.6. The number of nitrogens with two attached hydrogens (primary N) is 1. The fraction of sp³-hybridized carbons (Fsp3) is 0.214. The third-order valence-electron chi connectivity index (χ3n) is 2.88. The van der Waals surface area contributed by atoms with Crippen LogP contribution in [0.15, 0.2) is 30.3 Å². The molecule has 0 aliphatic heterocycles. The Morgan fingerprint density at radius 2 is 2.15 bits per heavy atom. The monoisotopic (exact) mass is 310 g/mol. The van der Waals surface area contributed by atoms with E-state index >= 15 is 0 Å². The summed E-state index contributed by atoms with van der Waals surface area (Å²) in [5.41, 5.74) is 7.86. The number of carbonyl (C=O) groups is 1. The fourth-order valence-electron chi connectivity index (χ4n) is 1.87. The second-order valence-electron chi connectivity index (χ2n) is 4.33. The summed E-state index contributed by atoms with van der Waals surface area (Å²) in [6.45, 7) is 0.673. The van der Waals surface area contributed by atoms with E-state index in [9.17, 15) is 4.79 Å². The van der Waals surface area contributed by atoms with Crippen LogP contribution in [-0.2, 0) is 11.3 Å². The summed E-state index contributed by atoms with van der Waals surface area (Å²) in [7, 11) is 3.27. The third-order valence-corrected chi connectivity index (χ3v) is 4.10. The summed E-state index contributed by atoms with van der Waals surface area (Å²) in [4.78, 5) is 14.7. The Labute approximate surface area is 126 Å². The van der Waals surface area contributed by atoms with E-state index in [-0.39, 0.29) is 5.97 Å². The van der Waals surface area contributed by atoms with Crippen molar-refractivity contribution < 1.29 is 9.53 Å². The number of halogens is 1. The first kappa shape index (κ1) is 14.7. The zero-order chi connectivity index (χ0) is 14.7. The molecule has 20 heavy (non-hydrogen) atoms. The molecule has 6 heteroatoms. The van der Waals surface area contributed by atoms with Crippen molar-refractivity contribution in [2.45, 2.75) is 6.54 Å². The summed E-state index contributed by atoms with van der Waals surface area (Å²) >= 11 is 7.44. The molecule has 0 saturated heterocycles. The number of esters is 1. The number of hydrogen-bond donors (Lipinski definition) is 1. The van der Waals surface area contributed by atoms with Gasteiger partial charge >= 0.3 is 5.97 Å². The normalized spacial score (nSPS) is 10.3. The number of methoxy groups -OCH3 is 1. The molecular formula is C14H15ClN2O2S. The van der Waals surface area contributed by atoms with Gasteiger partial charge in [0.2, 0.25) is 0 Å². The molecule has 2 aromatic rings. The molecule has 0 aliphatic carbocycles. The van der Waals surface area contributed by atoms with Crippen LogP contribution in [0.1, 0.15) is 15.2 Å². The predicted molar refractivity (Wildman–Crippen MR) is 83.6 cm³/mol. The first-order valence-corrected chi connectivity index (χ1v) is 7.14. The van der Waals surface area contributed by atoms with Crippen molar-refractivity contribution in [2.75, 3.05) is 24.8 Å². The van der Waals surface area contributed by atoms with E-state index in [2.05, 4.69) is 0 Å². The third kappa shape index (κ3) is 3.23. The lowest BCUT2D eigenvalue weighted by molar-refractivity contribution is 0.0601. The van der Waals surface area contributed by atoms with Gasteiger partial charge < -0.3 is 15.4 Å². The molecule has 0 bridgehead atoms. The molecule has 0 spiro atoms. The van der Waals surface area contributed by atoms with Crippen molar-refractivity contribution in [3.8, 4) is 0 Å². The molecule has 0 unspecified atom stereocenters. The number of ether oxygens (including phenoxy) is 1. The number of carbonyl (C=O) groups excluding carboxylic acids is 1. The molecule has 106 valence electrons. The van der Waals surface area contributed by atoms with E-state index in [0.717, 1.165) is 14.9 Å². The quantitative estimate of drug-likeness (QED) is 0.694. The van der Waals surface area contributed by atoms with Crippen LogP contribution in [0.25, 0.3) is 0 Å². The van der Waals surface area contributed by atoms with Crippen molar-refractivity contribution >= 4 is 40.3 Å². The number of benzene rings is 1. The number of rotatable bonds is 4. The fourth-order valence-corrected chi connectivity index (χ4v) is 3.02. The molecule has 0 amide bonds. The van der Waals surface area contributed by atoms with Crippen molar-refractivity contribution in [3.05, 3.63) is 45.1 Å². The summed E-state index contributed by atoms with van der Waals surface area (Å²) < 4.78 is 5.47. The van der Waals surface area contributed by atoms with Gasteiger partial charge in [-0.05, 0) is 30.3 Å². The van der Waals surface area contributed by atoms with Gasteiger partial charge in [-0.15, -0.1) is 11.3 Å². The van der Waals surface area contributed by atoms with Crippen LogP contribution in [0.2, 0.25) is 4.34 Å². The van der Waals surface area contributed by atoms with Crippen LogP contribution in [0, 0.1) is 0 Å². The Bertz CT molecular complexity index is 627. The molecule has 0 fully saturated rings. The molecule has 2 rings (SSSR count). The molecule has 1 aromatic heterocycles. The van der Waals surface area contributed by atoms with Gasteiger partial charge in [-0.3, -0.25) is 0 Å². The zero-order valence-electron chi connectivity index (χ0n) is 11.2. The average Bonchev–Trinajstić information content (AvgIpc) is 2.83. The van der Waals surface area contributed by atoms with Crippen molar-refractivity contribution in [3.63, 3.8) is 0 Å². The van der Waals surface area contributed by atoms with E-state index in [1.807, 2.05) is 24.1 Å². The Balaban J connectivity index is 2.24. The number of hydrogen-bond acceptors (Lipinski definition) is 5. The molecule has 1 aromatic carbocycles. The highest BCUT2D eigenvalue weighted by atomic mass is 35.5. The first-order valence-electron chi connectivity index (χ1n) is 5.94. The standard InChI is InChI=1S/C14H15ClN2O2S/c1-17(8-10-4-6-13(15)20-10)12-7-9(14(18)19-2)3-5-11(12)16/h3-7H,8,16H2,1-2H3. The van der Waals surface area contributed by atoms with Gasteiger partial charge in [0.1, 0.15) is 0 Å². The Kier molecular flexibility index (Phi) is 4.52. The largest absolute Gasteiger partial charge is 0.465 e. The van der Waals surface area contributed by atoms with Gasteiger partial charge in [0.15, 0.2) is 0 Å². The minimum absolute atomic E-state index is 0.376. The Morgan fingerprint density at radius 1 is 1.40 bits per heavy atom. The molecule has 0 atom stereocenters. The van der Waals surface area contributed by atoms with Crippen LogP contribution in [0.3, 0.4) is 0 Å². The van der Waals surface area contributed by atoms with Crippen LogP contribution in [-0.4, -0.2) is 20.1 Å². The summed E-state index contributed by atoms with van der Waals surface area (Å²) in [6.07, 6.45) is 0. The summed E-state index contributed by atoms with van der Waals surface area (Å²) in [5.74, 6) is -0.376. The van der Waals surface area contributed by atoms with E-state index in [1.165, 1.54) is 18.4 Å². The maximum Gasteiger partial charge on any atom is 0.337 e. The van der Waals surface area contributed by atoms with Gasteiger partial charge in [-0.25, -0.2) is 4.79 Å². The van der Waals surface area contributed by atoms with Gasteiger partial charge in [-0.1, -0.05) is 11.6 Å². The van der Waals surface area contributed by atoms with Gasteiger partial charge in [-0.2, -0.15) is 0 Å². The lowest BCUT2D eigenvalue weighted by Crippen LogP contribution is -2.18. The summed E-state index contributed by atoms with van der Waals surface area (Å²) in [6, 6.07) is 8.93. The van der Waals surface area contributed by atoms with E-state index in [0.29, 0.717) is 17.8 Å². The van der Waals surface area contributed by atoms with E-state index < -0.39 is 0 Å². The number of nitrogen functional groups attached to an aromatic ring is 1. The number of anilines is 2. The second kappa shape index (κ2) is 6.15. The molecular weight excluding hydrogens is 296 g/mol. The highest BCUT2D eigenvalue weighted by Crippen LogP contribution is 2.28. The number of nitrogens with zero attached hydrogens (tertiary/aromatic N) is 1. The Morgan fingerprint density at radius 3 is 2.75 bits per heavy atom. The van der Waals surface area contributed by atoms with Crippen LogP contribution in [0.5, 0.6) is 0 Å².